The number of nitrogens with zero attached hydrogens (tertiary/aromatic N) is 2. The Balaban J connectivity index is 1.56. The van der Waals surface area contributed by atoms with Crippen molar-refractivity contribution < 1.29 is 0 Å². The van der Waals surface area contributed by atoms with Crippen molar-refractivity contribution in [2.45, 2.75) is 0 Å². The Bertz CT molecular complexity index is 2290. The Morgan fingerprint density at radius 3 is 2.05 bits per heavy atom. The van der Waals surface area contributed by atoms with Gasteiger partial charge < -0.3 is 9.13 Å². The largest absolute Gasteiger partial charge is 0.309 e. The van der Waals surface area contributed by atoms with E-state index in [0.29, 0.717) is 0 Å². The zero-order chi connectivity index (χ0) is 26.8. The Morgan fingerprint density at radius 1 is 0.475 bits per heavy atom. The molecule has 0 aliphatic heterocycles. The maximum absolute atomic E-state index is 4.17. The number of fused-ring (bicyclic) bond motifs is 7. The second-order valence-corrected chi connectivity index (χ2v) is 10.3. The second kappa shape index (κ2) is 8.59. The van der Waals surface area contributed by atoms with Crippen LogP contribution >= 0.6 is 0 Å². The summed E-state index contributed by atoms with van der Waals surface area (Å²) in [6.45, 7) is 8.34. The molecule has 2 heteroatoms. The van der Waals surface area contributed by atoms with Gasteiger partial charge in [-0.3, -0.25) is 0 Å². The van der Waals surface area contributed by atoms with E-state index in [4.69, 9.17) is 0 Å². The summed E-state index contributed by atoms with van der Waals surface area (Å²) in [5.41, 5.74) is 8.03. The van der Waals surface area contributed by atoms with E-state index < -0.39 is 0 Å². The first-order valence-corrected chi connectivity index (χ1v) is 13.6. The highest BCUT2D eigenvalue weighted by Crippen LogP contribution is 2.41. The molecule has 0 aliphatic rings. The highest BCUT2D eigenvalue weighted by molar-refractivity contribution is 6.23. The molecule has 2 aromatic heterocycles. The highest BCUT2D eigenvalue weighted by atomic mass is 15.0. The fraction of sp³-hybridized carbons (Fsp3) is 0. The van der Waals surface area contributed by atoms with E-state index in [0.717, 1.165) is 22.5 Å². The molecule has 40 heavy (non-hydrogen) atoms. The molecule has 0 N–H and O–H groups in total. The van der Waals surface area contributed by atoms with Gasteiger partial charge in [0.05, 0.1) is 27.9 Å². The molecule has 8 aromatic rings. The maximum Gasteiger partial charge on any atom is 0.0547 e. The lowest BCUT2D eigenvalue weighted by molar-refractivity contribution is 1.11. The third-order valence-electron chi connectivity index (χ3n) is 8.24. The number of benzene rings is 6. The van der Waals surface area contributed by atoms with Gasteiger partial charge in [0, 0.05) is 32.8 Å². The summed E-state index contributed by atoms with van der Waals surface area (Å²) < 4.78 is 4.73. The van der Waals surface area contributed by atoms with E-state index in [1.165, 1.54) is 54.4 Å². The van der Waals surface area contributed by atoms with Gasteiger partial charge in [-0.15, -0.1) is 0 Å². The van der Waals surface area contributed by atoms with Crippen molar-refractivity contribution in [2.75, 3.05) is 0 Å². The summed E-state index contributed by atoms with van der Waals surface area (Å²) in [6, 6.07) is 43.7. The zero-order valence-electron chi connectivity index (χ0n) is 22.0. The van der Waals surface area contributed by atoms with Crippen molar-refractivity contribution >= 4 is 66.4 Å². The van der Waals surface area contributed by atoms with Crippen LogP contribution in [0.3, 0.4) is 0 Å². The highest BCUT2D eigenvalue weighted by Gasteiger charge is 2.19. The minimum atomic E-state index is 1.06. The quantitative estimate of drug-likeness (QED) is 0.223. The summed E-state index contributed by atoms with van der Waals surface area (Å²) in [5.74, 6) is 0. The first-order valence-electron chi connectivity index (χ1n) is 13.6. The van der Waals surface area contributed by atoms with Crippen molar-refractivity contribution in [1.82, 2.24) is 9.13 Å². The summed E-state index contributed by atoms with van der Waals surface area (Å²) in [6.07, 6.45) is 3.90. The Hall–Kier alpha value is -5.34. The van der Waals surface area contributed by atoms with Crippen LogP contribution in [0.1, 0.15) is 11.3 Å². The summed E-state index contributed by atoms with van der Waals surface area (Å²) >= 11 is 0. The first kappa shape index (κ1) is 22.6. The molecule has 0 radical (unpaired) electrons. The average Bonchev–Trinajstić information content (AvgIpc) is 3.52. The van der Waals surface area contributed by atoms with Crippen molar-refractivity contribution in [2.24, 2.45) is 0 Å². The van der Waals surface area contributed by atoms with Crippen LogP contribution in [0.5, 0.6) is 0 Å². The lowest BCUT2D eigenvalue weighted by Crippen LogP contribution is -1.96. The molecule has 0 saturated carbocycles. The maximum atomic E-state index is 4.17. The van der Waals surface area contributed by atoms with Crippen LogP contribution in [-0.2, 0) is 0 Å². The van der Waals surface area contributed by atoms with Gasteiger partial charge in [0.25, 0.3) is 0 Å². The van der Waals surface area contributed by atoms with Gasteiger partial charge in [-0.25, -0.2) is 0 Å². The van der Waals surface area contributed by atoms with Crippen LogP contribution < -0.4 is 0 Å². The van der Waals surface area contributed by atoms with Crippen LogP contribution in [-0.4, -0.2) is 9.13 Å². The molecule has 8 rings (SSSR count). The minimum Gasteiger partial charge on any atom is -0.309 e. The Labute approximate surface area is 232 Å². The predicted octanol–water partition coefficient (Wildman–Crippen LogP) is 10.3. The molecule has 0 aliphatic carbocycles. The van der Waals surface area contributed by atoms with Gasteiger partial charge >= 0.3 is 0 Å². The molecule has 0 atom stereocenters. The number of para-hydroxylation sites is 2. The molecule has 0 spiro atoms. The molecule has 2 heterocycles. The van der Waals surface area contributed by atoms with Gasteiger partial charge in [-0.1, -0.05) is 98.1 Å². The molecule has 2 nitrogen and oxygen atoms in total. The minimum absolute atomic E-state index is 1.06. The normalized spacial score (nSPS) is 11.7. The molecule has 188 valence electrons. The van der Waals surface area contributed by atoms with E-state index in [9.17, 15) is 0 Å². The summed E-state index contributed by atoms with van der Waals surface area (Å²) in [5, 5.41) is 8.63. The van der Waals surface area contributed by atoms with Crippen molar-refractivity contribution in [3.05, 3.63) is 146 Å². The van der Waals surface area contributed by atoms with Gasteiger partial charge in [0.15, 0.2) is 0 Å². The monoisotopic (exact) mass is 510 g/mol. The van der Waals surface area contributed by atoms with E-state index in [2.05, 4.69) is 144 Å². The summed E-state index contributed by atoms with van der Waals surface area (Å²) in [7, 11) is 0. The zero-order valence-corrected chi connectivity index (χ0v) is 22.0. The smallest absolute Gasteiger partial charge is 0.0547 e. The summed E-state index contributed by atoms with van der Waals surface area (Å²) in [4.78, 5) is 0. The fourth-order valence-electron chi connectivity index (χ4n) is 6.55. The van der Waals surface area contributed by atoms with Crippen LogP contribution in [0.25, 0.3) is 77.8 Å². The molecular formula is C38H26N2. The molecule has 6 aromatic carbocycles. The predicted molar refractivity (Wildman–Crippen MR) is 173 cm³/mol. The fourth-order valence-corrected chi connectivity index (χ4v) is 6.55. The van der Waals surface area contributed by atoms with Gasteiger partial charge in [-0.2, -0.15) is 0 Å². The number of hydrogen-bond acceptors (Lipinski definition) is 0. The molecule has 0 amide bonds. The first-order chi connectivity index (χ1) is 19.8. The lowest BCUT2D eigenvalue weighted by atomic mass is 10.0. The molecule has 0 unspecified atom stereocenters. The third kappa shape index (κ3) is 3.05. The van der Waals surface area contributed by atoms with E-state index in [1.54, 1.807) is 0 Å². The van der Waals surface area contributed by atoms with Crippen molar-refractivity contribution in [3.8, 4) is 11.4 Å². The molecule has 0 fully saturated rings. The second-order valence-electron chi connectivity index (χ2n) is 10.3. The Kier molecular flexibility index (Phi) is 4.86. The van der Waals surface area contributed by atoms with Gasteiger partial charge in [0.2, 0.25) is 0 Å². The Morgan fingerprint density at radius 2 is 1.23 bits per heavy atom. The molecule has 0 bridgehead atoms. The van der Waals surface area contributed by atoms with E-state index in [-0.39, 0.29) is 0 Å². The van der Waals surface area contributed by atoms with Crippen molar-refractivity contribution in [1.29, 1.82) is 0 Å². The lowest BCUT2D eigenvalue weighted by Gasteiger charge is -2.12. The molecule has 0 saturated heterocycles. The van der Waals surface area contributed by atoms with Gasteiger partial charge in [-0.05, 0) is 64.7 Å². The van der Waals surface area contributed by atoms with Crippen molar-refractivity contribution in [3.63, 3.8) is 0 Å². The third-order valence-corrected chi connectivity index (χ3v) is 8.24. The van der Waals surface area contributed by atoms with Crippen LogP contribution in [0.15, 0.2) is 134 Å². The van der Waals surface area contributed by atoms with Crippen LogP contribution in [0.4, 0.5) is 0 Å². The molecular weight excluding hydrogens is 484 g/mol. The van der Waals surface area contributed by atoms with Crippen LogP contribution in [0, 0.1) is 0 Å². The average molecular weight is 511 g/mol. The topological polar surface area (TPSA) is 9.86 Å². The SMILES string of the molecule is C=Cc1c(C=C)n(-c2ccccc2)c2cc3c(ccc4c3c3ccccc3n4-c3cccc4ccccc34)cc12. The number of hydrogen-bond donors (Lipinski definition) is 0. The van der Waals surface area contributed by atoms with Crippen LogP contribution in [0.2, 0.25) is 0 Å². The van der Waals surface area contributed by atoms with E-state index in [1.807, 2.05) is 12.2 Å². The number of rotatable bonds is 4. The van der Waals surface area contributed by atoms with Gasteiger partial charge in [0.1, 0.15) is 0 Å². The standard InChI is InChI=1S/C38H26N2/c1-3-28-32-23-26-21-22-36-38(31(26)24-37(32)39(33(28)4-2)27-15-6-5-7-16-27)30-18-10-11-19-35(30)40(36)34-20-12-14-25-13-8-9-17-29(25)34/h3-24H,1-2H2. The van der Waals surface area contributed by atoms with E-state index >= 15 is 0 Å². The number of aromatic nitrogens is 2.